The second-order valence-electron chi connectivity index (χ2n) is 5.73. The first kappa shape index (κ1) is 13.0. The Labute approximate surface area is 127 Å². The molecule has 1 saturated carbocycles. The summed E-state index contributed by atoms with van der Waals surface area (Å²) in [5, 5.41) is 10.9. The van der Waals surface area contributed by atoms with E-state index in [-0.39, 0.29) is 0 Å². The summed E-state index contributed by atoms with van der Waals surface area (Å²) in [5.41, 5.74) is 3.25. The van der Waals surface area contributed by atoms with Gasteiger partial charge in [-0.2, -0.15) is 0 Å². The van der Waals surface area contributed by atoms with Crippen LogP contribution in [0.25, 0.3) is 4.83 Å². The van der Waals surface area contributed by atoms with Crippen LogP contribution in [0.15, 0.2) is 36.8 Å². The number of thiazole rings is 1. The lowest BCUT2D eigenvalue weighted by molar-refractivity contribution is 0.213. The maximum atomic E-state index is 10.9. The second kappa shape index (κ2) is 4.97. The molecular weight excluding hydrogens is 280 g/mol. The second-order valence-corrected chi connectivity index (χ2v) is 6.79. The van der Waals surface area contributed by atoms with Crippen LogP contribution in [0.2, 0.25) is 0 Å². The summed E-state index contributed by atoms with van der Waals surface area (Å²) in [6, 6.07) is 8.27. The smallest absolute Gasteiger partial charge is 0.121 e. The van der Waals surface area contributed by atoms with Gasteiger partial charge in [-0.15, -0.1) is 11.3 Å². The average Bonchev–Trinajstić information content (AvgIpc) is 3.15. The van der Waals surface area contributed by atoms with E-state index in [0.717, 1.165) is 22.5 Å². The normalized spacial score (nSPS) is 16.5. The minimum atomic E-state index is -0.574. The Morgan fingerprint density at radius 2 is 2.29 bits per heavy atom. The van der Waals surface area contributed by atoms with Gasteiger partial charge in [0.1, 0.15) is 17.3 Å². The van der Waals surface area contributed by atoms with Crippen LogP contribution in [-0.4, -0.2) is 14.5 Å². The number of aliphatic hydroxyl groups excluding tert-OH is 1. The van der Waals surface area contributed by atoms with Crippen LogP contribution in [0.1, 0.15) is 53.5 Å². The first-order chi connectivity index (χ1) is 10.3. The predicted molar refractivity (Wildman–Crippen MR) is 84.9 cm³/mol. The zero-order chi connectivity index (χ0) is 14.4. The summed E-state index contributed by atoms with van der Waals surface area (Å²) in [5.74, 6) is 0.633. The summed E-state index contributed by atoms with van der Waals surface area (Å²) >= 11 is 1.77. The highest BCUT2D eigenvalue weighted by atomic mass is 32.1. The Balaban J connectivity index is 1.83. The standard InChI is InChI=1S/C17H18N2OS/c1-2-11-4-3-5-13(8-11)16(20)15-17(12-6-7-12)21-14-9-18-10-19(14)15/h3-5,8-10,12,16,20H,2,6-7H2,1H3. The van der Waals surface area contributed by atoms with E-state index in [1.54, 1.807) is 11.3 Å². The summed E-state index contributed by atoms with van der Waals surface area (Å²) in [6.45, 7) is 2.14. The van der Waals surface area contributed by atoms with E-state index in [0.29, 0.717) is 5.92 Å². The number of fused-ring (bicyclic) bond motifs is 1. The molecule has 4 heteroatoms. The maximum Gasteiger partial charge on any atom is 0.121 e. The molecule has 2 heterocycles. The number of nitrogens with zero attached hydrogens (tertiary/aromatic N) is 2. The maximum absolute atomic E-state index is 10.9. The van der Waals surface area contributed by atoms with Crippen molar-refractivity contribution in [2.24, 2.45) is 0 Å². The molecule has 0 aliphatic heterocycles. The molecule has 0 radical (unpaired) electrons. The third kappa shape index (κ3) is 2.19. The molecule has 108 valence electrons. The van der Waals surface area contributed by atoms with Crippen molar-refractivity contribution in [3.63, 3.8) is 0 Å². The SMILES string of the molecule is CCc1cccc(C(O)c2c(C3CC3)sc3cncn23)c1. The van der Waals surface area contributed by atoms with Crippen molar-refractivity contribution in [3.8, 4) is 0 Å². The van der Waals surface area contributed by atoms with Gasteiger partial charge in [0, 0.05) is 4.88 Å². The molecule has 1 aliphatic rings. The molecule has 1 unspecified atom stereocenters. The predicted octanol–water partition coefficient (Wildman–Crippen LogP) is 3.92. The van der Waals surface area contributed by atoms with Gasteiger partial charge in [0.15, 0.2) is 0 Å². The minimum absolute atomic E-state index is 0.574. The van der Waals surface area contributed by atoms with Gasteiger partial charge in [0.25, 0.3) is 0 Å². The van der Waals surface area contributed by atoms with Crippen LogP contribution in [0.3, 0.4) is 0 Å². The number of rotatable bonds is 4. The van der Waals surface area contributed by atoms with Crippen LogP contribution in [0.5, 0.6) is 0 Å². The number of aromatic nitrogens is 2. The van der Waals surface area contributed by atoms with Crippen molar-refractivity contribution in [2.45, 2.75) is 38.2 Å². The van der Waals surface area contributed by atoms with Crippen LogP contribution in [0.4, 0.5) is 0 Å². The van der Waals surface area contributed by atoms with Gasteiger partial charge in [-0.25, -0.2) is 4.98 Å². The number of aliphatic hydroxyl groups is 1. The molecule has 1 aliphatic carbocycles. The van der Waals surface area contributed by atoms with Crippen molar-refractivity contribution in [1.29, 1.82) is 0 Å². The Morgan fingerprint density at radius 1 is 1.43 bits per heavy atom. The molecule has 0 saturated heterocycles. The molecule has 0 spiro atoms. The Kier molecular flexibility index (Phi) is 3.08. The fraction of sp³-hybridized carbons (Fsp3) is 0.353. The number of hydrogen-bond acceptors (Lipinski definition) is 3. The van der Waals surface area contributed by atoms with Crippen molar-refractivity contribution in [2.75, 3.05) is 0 Å². The number of benzene rings is 1. The molecule has 2 aromatic heterocycles. The molecule has 4 rings (SSSR count). The average molecular weight is 298 g/mol. The molecule has 1 atom stereocenters. The highest BCUT2D eigenvalue weighted by molar-refractivity contribution is 7.17. The van der Waals surface area contributed by atoms with E-state index in [1.165, 1.54) is 23.3 Å². The van der Waals surface area contributed by atoms with E-state index in [9.17, 15) is 5.11 Å². The van der Waals surface area contributed by atoms with Gasteiger partial charge >= 0.3 is 0 Å². The number of hydrogen-bond donors (Lipinski definition) is 1. The van der Waals surface area contributed by atoms with Crippen LogP contribution < -0.4 is 0 Å². The molecule has 1 aromatic carbocycles. The van der Waals surface area contributed by atoms with E-state index in [4.69, 9.17) is 0 Å². The number of aryl methyl sites for hydroxylation is 1. The molecule has 3 aromatic rings. The Bertz CT molecular complexity index is 785. The lowest BCUT2D eigenvalue weighted by Gasteiger charge is -2.14. The quantitative estimate of drug-likeness (QED) is 0.792. The highest BCUT2D eigenvalue weighted by Gasteiger charge is 2.32. The van der Waals surface area contributed by atoms with Gasteiger partial charge in [-0.3, -0.25) is 4.40 Å². The third-order valence-electron chi connectivity index (χ3n) is 4.21. The number of imidazole rings is 1. The van der Waals surface area contributed by atoms with Gasteiger partial charge < -0.3 is 5.11 Å². The summed E-state index contributed by atoms with van der Waals surface area (Å²) < 4.78 is 2.06. The molecule has 1 fully saturated rings. The van der Waals surface area contributed by atoms with E-state index in [2.05, 4.69) is 28.4 Å². The van der Waals surface area contributed by atoms with Gasteiger partial charge in [0.05, 0.1) is 11.9 Å². The molecule has 0 amide bonds. The van der Waals surface area contributed by atoms with Gasteiger partial charge in [-0.1, -0.05) is 31.2 Å². The van der Waals surface area contributed by atoms with Gasteiger partial charge in [-0.05, 0) is 36.3 Å². The Morgan fingerprint density at radius 3 is 3.05 bits per heavy atom. The highest BCUT2D eigenvalue weighted by Crippen LogP contribution is 2.47. The van der Waals surface area contributed by atoms with Crippen molar-refractivity contribution in [1.82, 2.24) is 9.38 Å². The van der Waals surface area contributed by atoms with E-state index in [1.807, 2.05) is 24.7 Å². The molecule has 0 bridgehead atoms. The topological polar surface area (TPSA) is 37.5 Å². The first-order valence-electron chi connectivity index (χ1n) is 7.49. The molecule has 1 N–H and O–H groups in total. The Hall–Kier alpha value is -1.65. The lowest BCUT2D eigenvalue weighted by Crippen LogP contribution is -2.06. The molecule has 3 nitrogen and oxygen atoms in total. The fourth-order valence-electron chi connectivity index (χ4n) is 2.87. The fourth-order valence-corrected chi connectivity index (χ4v) is 4.17. The van der Waals surface area contributed by atoms with Gasteiger partial charge in [0.2, 0.25) is 0 Å². The third-order valence-corrected chi connectivity index (χ3v) is 5.49. The van der Waals surface area contributed by atoms with Crippen LogP contribution >= 0.6 is 11.3 Å². The van der Waals surface area contributed by atoms with Crippen LogP contribution in [0, 0.1) is 0 Å². The molecular formula is C17H18N2OS. The summed E-state index contributed by atoms with van der Waals surface area (Å²) in [6.07, 6.45) is 6.60. The zero-order valence-corrected chi connectivity index (χ0v) is 12.8. The monoisotopic (exact) mass is 298 g/mol. The van der Waals surface area contributed by atoms with Crippen molar-refractivity contribution in [3.05, 3.63) is 58.5 Å². The summed E-state index contributed by atoms with van der Waals surface area (Å²) in [7, 11) is 0. The summed E-state index contributed by atoms with van der Waals surface area (Å²) in [4.78, 5) is 6.67. The van der Waals surface area contributed by atoms with Crippen molar-refractivity contribution < 1.29 is 5.11 Å². The minimum Gasteiger partial charge on any atom is -0.382 e. The molecule has 21 heavy (non-hydrogen) atoms. The van der Waals surface area contributed by atoms with E-state index >= 15 is 0 Å². The van der Waals surface area contributed by atoms with Crippen LogP contribution in [-0.2, 0) is 6.42 Å². The zero-order valence-electron chi connectivity index (χ0n) is 12.0. The van der Waals surface area contributed by atoms with Crippen molar-refractivity contribution >= 4 is 16.2 Å². The van der Waals surface area contributed by atoms with E-state index < -0.39 is 6.10 Å². The largest absolute Gasteiger partial charge is 0.382 e. The lowest BCUT2D eigenvalue weighted by atomic mass is 10.0. The first-order valence-corrected chi connectivity index (χ1v) is 8.31.